The number of halogens is 5. The molecule has 0 N–H and O–H groups in total. The van der Waals surface area contributed by atoms with Gasteiger partial charge in [-0.2, -0.15) is 0 Å². The molecule has 0 unspecified atom stereocenters. The molecule has 2 nitrogen and oxygen atoms in total. The highest BCUT2D eigenvalue weighted by Gasteiger charge is 2.31. The molecule has 2 aromatic rings. The summed E-state index contributed by atoms with van der Waals surface area (Å²) in [5, 5.41) is 0.646. The van der Waals surface area contributed by atoms with Crippen LogP contribution >= 0.6 is 31.9 Å². The van der Waals surface area contributed by atoms with Crippen molar-refractivity contribution in [3.05, 3.63) is 57.7 Å². The Morgan fingerprint density at radius 3 is 2.32 bits per heavy atom. The standard InChI is InChI=1S/C21H22Br2F3NO/c1-5-13(2)12-27(4)20-14(3)18(10-16(11-22)19(20)23)15-6-8-17(9-7-15)28-21(24,25)26/h6-10,12H,5,11H2,1-4H3/b13-12+. The van der Waals surface area contributed by atoms with Gasteiger partial charge < -0.3 is 9.64 Å². The molecular formula is C21H22Br2F3NO. The Labute approximate surface area is 180 Å². The highest BCUT2D eigenvalue weighted by atomic mass is 79.9. The quantitative estimate of drug-likeness (QED) is 0.358. The number of hydrogen-bond acceptors (Lipinski definition) is 2. The van der Waals surface area contributed by atoms with E-state index in [-0.39, 0.29) is 5.75 Å². The second-order valence-electron chi connectivity index (χ2n) is 6.52. The molecular weight excluding hydrogens is 499 g/mol. The van der Waals surface area contributed by atoms with Crippen molar-refractivity contribution in [1.29, 1.82) is 0 Å². The molecule has 28 heavy (non-hydrogen) atoms. The molecule has 0 radical (unpaired) electrons. The second-order valence-corrected chi connectivity index (χ2v) is 7.87. The van der Waals surface area contributed by atoms with E-state index >= 15 is 0 Å². The summed E-state index contributed by atoms with van der Waals surface area (Å²) in [7, 11) is 1.99. The van der Waals surface area contributed by atoms with E-state index in [1.54, 1.807) is 12.1 Å². The monoisotopic (exact) mass is 519 g/mol. The second kappa shape index (κ2) is 9.35. The molecule has 0 aliphatic rings. The van der Waals surface area contributed by atoms with Crippen molar-refractivity contribution in [2.24, 2.45) is 0 Å². The minimum atomic E-state index is -4.70. The average Bonchev–Trinajstić information content (AvgIpc) is 2.61. The van der Waals surface area contributed by atoms with Crippen LogP contribution in [-0.2, 0) is 5.33 Å². The SMILES string of the molecule is CC/C(C)=C/N(C)c1c(C)c(-c2ccc(OC(F)(F)F)cc2)cc(CBr)c1Br. The summed E-state index contributed by atoms with van der Waals surface area (Å²) >= 11 is 7.23. The average molecular weight is 521 g/mol. The molecule has 0 aliphatic carbocycles. The number of allylic oxidation sites excluding steroid dienone is 1. The predicted octanol–water partition coefficient (Wildman–Crippen LogP) is 7.97. The van der Waals surface area contributed by atoms with Gasteiger partial charge in [-0.05, 0) is 76.7 Å². The zero-order valence-corrected chi connectivity index (χ0v) is 19.3. The van der Waals surface area contributed by atoms with Crippen LogP contribution in [-0.4, -0.2) is 13.4 Å². The minimum absolute atomic E-state index is 0.231. The summed E-state index contributed by atoms with van der Waals surface area (Å²) in [5.41, 5.74) is 6.14. The van der Waals surface area contributed by atoms with E-state index < -0.39 is 6.36 Å². The molecule has 0 atom stereocenters. The van der Waals surface area contributed by atoms with Crippen LogP contribution in [0, 0.1) is 6.92 Å². The van der Waals surface area contributed by atoms with Crippen LogP contribution in [0.25, 0.3) is 11.1 Å². The van der Waals surface area contributed by atoms with Gasteiger partial charge >= 0.3 is 6.36 Å². The largest absolute Gasteiger partial charge is 0.573 e. The van der Waals surface area contributed by atoms with Crippen LogP contribution in [0.5, 0.6) is 5.75 Å². The summed E-state index contributed by atoms with van der Waals surface area (Å²) in [6.07, 6.45) is -1.65. The molecule has 2 aromatic carbocycles. The van der Waals surface area contributed by atoms with Gasteiger partial charge in [-0.25, -0.2) is 0 Å². The number of hydrogen-bond donors (Lipinski definition) is 0. The summed E-state index contributed by atoms with van der Waals surface area (Å²) < 4.78 is 42.2. The van der Waals surface area contributed by atoms with E-state index in [1.807, 2.05) is 20.0 Å². The summed E-state index contributed by atoms with van der Waals surface area (Å²) in [6, 6.07) is 8.01. The smallest absolute Gasteiger partial charge is 0.406 e. The Morgan fingerprint density at radius 2 is 1.82 bits per heavy atom. The number of benzene rings is 2. The molecule has 0 saturated carbocycles. The van der Waals surface area contributed by atoms with Crippen molar-refractivity contribution in [3.63, 3.8) is 0 Å². The van der Waals surface area contributed by atoms with Crippen LogP contribution in [0.2, 0.25) is 0 Å². The fourth-order valence-electron chi connectivity index (χ4n) is 2.93. The molecule has 0 bridgehead atoms. The normalized spacial score (nSPS) is 12.2. The van der Waals surface area contributed by atoms with E-state index in [9.17, 15) is 13.2 Å². The molecule has 152 valence electrons. The first-order valence-corrected chi connectivity index (χ1v) is 10.6. The Balaban J connectivity index is 2.54. The van der Waals surface area contributed by atoms with Crippen LogP contribution in [0.1, 0.15) is 31.4 Å². The Bertz CT molecular complexity index is 861. The van der Waals surface area contributed by atoms with Gasteiger partial charge in [0.05, 0.1) is 5.69 Å². The summed E-state index contributed by atoms with van der Waals surface area (Å²) in [4.78, 5) is 2.08. The zero-order valence-electron chi connectivity index (χ0n) is 16.1. The number of alkyl halides is 4. The third kappa shape index (κ3) is 5.54. The van der Waals surface area contributed by atoms with Crippen molar-refractivity contribution >= 4 is 37.5 Å². The van der Waals surface area contributed by atoms with Crippen LogP contribution in [0.4, 0.5) is 18.9 Å². The van der Waals surface area contributed by atoms with E-state index in [0.29, 0.717) is 5.33 Å². The molecule has 0 amide bonds. The number of ether oxygens (including phenoxy) is 1. The van der Waals surface area contributed by atoms with E-state index in [1.165, 1.54) is 17.7 Å². The third-order valence-electron chi connectivity index (χ3n) is 4.43. The Hall–Kier alpha value is -1.47. The maximum atomic E-state index is 12.4. The third-order valence-corrected chi connectivity index (χ3v) is 5.92. The highest BCUT2D eigenvalue weighted by Crippen LogP contribution is 2.40. The zero-order chi connectivity index (χ0) is 21.1. The van der Waals surface area contributed by atoms with E-state index in [4.69, 9.17) is 0 Å². The summed E-state index contributed by atoms with van der Waals surface area (Å²) in [5.74, 6) is -0.231. The van der Waals surface area contributed by atoms with Gasteiger partial charge in [0.15, 0.2) is 0 Å². The van der Waals surface area contributed by atoms with Gasteiger partial charge in [0, 0.05) is 23.1 Å². The van der Waals surface area contributed by atoms with Gasteiger partial charge in [-0.15, -0.1) is 13.2 Å². The first-order valence-electron chi connectivity index (χ1n) is 8.71. The lowest BCUT2D eigenvalue weighted by Gasteiger charge is -2.24. The van der Waals surface area contributed by atoms with Gasteiger partial charge in [-0.3, -0.25) is 0 Å². The topological polar surface area (TPSA) is 12.5 Å². The number of rotatable bonds is 6. The molecule has 2 rings (SSSR count). The van der Waals surface area contributed by atoms with Crippen LogP contribution in [0.3, 0.4) is 0 Å². The Morgan fingerprint density at radius 1 is 1.21 bits per heavy atom. The lowest BCUT2D eigenvalue weighted by atomic mass is 9.96. The minimum Gasteiger partial charge on any atom is -0.406 e. The predicted molar refractivity (Wildman–Crippen MR) is 116 cm³/mol. The summed E-state index contributed by atoms with van der Waals surface area (Å²) in [6.45, 7) is 6.19. The van der Waals surface area contributed by atoms with E-state index in [2.05, 4.69) is 61.5 Å². The fourth-order valence-corrected chi connectivity index (χ4v) is 4.58. The fraction of sp³-hybridized carbons (Fsp3) is 0.333. The van der Waals surface area contributed by atoms with Crippen molar-refractivity contribution in [2.75, 3.05) is 11.9 Å². The van der Waals surface area contributed by atoms with Crippen molar-refractivity contribution in [2.45, 2.75) is 38.9 Å². The maximum Gasteiger partial charge on any atom is 0.573 e. The van der Waals surface area contributed by atoms with Gasteiger partial charge in [-0.1, -0.05) is 40.6 Å². The first kappa shape index (κ1) is 22.8. The molecule has 7 heteroatoms. The van der Waals surface area contributed by atoms with Crippen molar-refractivity contribution in [1.82, 2.24) is 0 Å². The van der Waals surface area contributed by atoms with Crippen LogP contribution in [0.15, 0.2) is 46.6 Å². The maximum absolute atomic E-state index is 12.4. The lowest BCUT2D eigenvalue weighted by molar-refractivity contribution is -0.274. The molecule has 0 fully saturated rings. The van der Waals surface area contributed by atoms with Crippen molar-refractivity contribution < 1.29 is 17.9 Å². The van der Waals surface area contributed by atoms with E-state index in [0.717, 1.165) is 38.8 Å². The number of anilines is 1. The molecule has 0 aliphatic heterocycles. The number of nitrogens with zero attached hydrogens (tertiary/aromatic N) is 1. The highest BCUT2D eigenvalue weighted by molar-refractivity contribution is 9.11. The van der Waals surface area contributed by atoms with Crippen molar-refractivity contribution in [3.8, 4) is 16.9 Å². The van der Waals surface area contributed by atoms with Crippen LogP contribution < -0.4 is 9.64 Å². The van der Waals surface area contributed by atoms with Gasteiger partial charge in [0.25, 0.3) is 0 Å². The molecule has 0 aromatic heterocycles. The molecule has 0 spiro atoms. The van der Waals surface area contributed by atoms with Gasteiger partial charge in [0.2, 0.25) is 0 Å². The molecule has 0 heterocycles. The first-order chi connectivity index (χ1) is 13.1. The molecule has 0 saturated heterocycles. The van der Waals surface area contributed by atoms with Gasteiger partial charge in [0.1, 0.15) is 5.75 Å². The lowest BCUT2D eigenvalue weighted by Crippen LogP contribution is -2.17. The Kier molecular flexibility index (Phi) is 7.62.